The maximum absolute atomic E-state index is 13.3. The van der Waals surface area contributed by atoms with Crippen LogP contribution in [0.3, 0.4) is 0 Å². The number of carbonyl (C=O) groups excluding carboxylic acids is 1. The van der Waals surface area contributed by atoms with E-state index in [0.29, 0.717) is 24.9 Å². The Balaban J connectivity index is 2.45. The normalized spacial score (nSPS) is 11.1. The SMILES string of the molecule is CCCCN(C(=O)/C=C/c1cccc(F)c1)c1c(N)n(CCCC)c(=O)[nH]c1=O. The van der Waals surface area contributed by atoms with Gasteiger partial charge in [-0.15, -0.1) is 0 Å². The third-order valence-electron chi connectivity index (χ3n) is 4.49. The van der Waals surface area contributed by atoms with Crippen LogP contribution in [0.2, 0.25) is 0 Å². The highest BCUT2D eigenvalue weighted by atomic mass is 19.1. The number of H-pyrrole nitrogens is 1. The van der Waals surface area contributed by atoms with Gasteiger partial charge >= 0.3 is 5.69 Å². The number of benzene rings is 1. The first-order chi connectivity index (χ1) is 13.9. The molecule has 2 rings (SSSR count). The molecule has 0 aliphatic rings. The van der Waals surface area contributed by atoms with E-state index in [1.165, 1.54) is 33.8 Å². The molecule has 0 saturated heterocycles. The summed E-state index contributed by atoms with van der Waals surface area (Å²) in [5.41, 5.74) is 5.32. The van der Waals surface area contributed by atoms with Crippen molar-refractivity contribution in [1.82, 2.24) is 9.55 Å². The third kappa shape index (κ3) is 5.66. The number of nitrogens with zero attached hydrogens (tertiary/aromatic N) is 2. The van der Waals surface area contributed by atoms with Gasteiger partial charge in [-0.2, -0.15) is 0 Å². The molecule has 0 bridgehead atoms. The van der Waals surface area contributed by atoms with Crippen LogP contribution in [0, 0.1) is 5.82 Å². The molecule has 1 aromatic carbocycles. The average molecular weight is 402 g/mol. The van der Waals surface area contributed by atoms with E-state index in [0.717, 1.165) is 12.8 Å². The van der Waals surface area contributed by atoms with Crippen molar-refractivity contribution in [3.63, 3.8) is 0 Å². The van der Waals surface area contributed by atoms with Crippen molar-refractivity contribution in [3.8, 4) is 0 Å². The molecule has 0 atom stereocenters. The Kier molecular flexibility index (Phi) is 7.94. The topological polar surface area (TPSA) is 101 Å². The van der Waals surface area contributed by atoms with Gasteiger partial charge in [0.15, 0.2) is 5.69 Å². The van der Waals surface area contributed by atoms with Gasteiger partial charge in [0.1, 0.15) is 11.6 Å². The Morgan fingerprint density at radius 3 is 2.62 bits per heavy atom. The Bertz CT molecular complexity index is 994. The van der Waals surface area contributed by atoms with Crippen LogP contribution in [0.4, 0.5) is 15.9 Å². The van der Waals surface area contributed by atoms with Crippen LogP contribution in [-0.4, -0.2) is 22.0 Å². The smallest absolute Gasteiger partial charge is 0.330 e. The number of amides is 1. The minimum atomic E-state index is -0.705. The fraction of sp³-hybridized carbons (Fsp3) is 0.381. The van der Waals surface area contributed by atoms with Gasteiger partial charge in [0, 0.05) is 19.2 Å². The van der Waals surface area contributed by atoms with Crippen LogP contribution in [0.1, 0.15) is 45.1 Å². The lowest BCUT2D eigenvalue weighted by atomic mass is 10.2. The molecule has 0 unspecified atom stereocenters. The van der Waals surface area contributed by atoms with E-state index in [-0.39, 0.29) is 18.1 Å². The maximum Gasteiger partial charge on any atom is 0.330 e. The number of rotatable bonds is 9. The predicted molar refractivity (Wildman–Crippen MR) is 113 cm³/mol. The zero-order valence-corrected chi connectivity index (χ0v) is 16.8. The summed E-state index contributed by atoms with van der Waals surface area (Å²) in [5.74, 6) is -0.914. The number of halogens is 1. The molecule has 1 heterocycles. The van der Waals surface area contributed by atoms with Crippen LogP contribution >= 0.6 is 0 Å². The van der Waals surface area contributed by atoms with Gasteiger partial charge < -0.3 is 10.6 Å². The van der Waals surface area contributed by atoms with Crippen molar-refractivity contribution in [2.24, 2.45) is 0 Å². The summed E-state index contributed by atoms with van der Waals surface area (Å²) in [6.07, 6.45) is 5.73. The highest BCUT2D eigenvalue weighted by Gasteiger charge is 2.22. The lowest BCUT2D eigenvalue weighted by Gasteiger charge is -2.23. The highest BCUT2D eigenvalue weighted by molar-refractivity contribution is 6.05. The number of aromatic amines is 1. The van der Waals surface area contributed by atoms with E-state index >= 15 is 0 Å². The summed E-state index contributed by atoms with van der Waals surface area (Å²) in [7, 11) is 0. The Hall–Kier alpha value is -3.16. The van der Waals surface area contributed by atoms with E-state index in [9.17, 15) is 18.8 Å². The number of aromatic nitrogens is 2. The zero-order chi connectivity index (χ0) is 21.4. The molecule has 0 fully saturated rings. The standard InChI is InChI=1S/C21H27FN4O3/c1-3-5-12-25(17(27)11-10-15-8-7-9-16(22)14-15)18-19(23)26(13-6-4-2)21(29)24-20(18)28/h7-11,14H,3-6,12-13,23H2,1-2H3,(H,24,28,29)/b11-10+. The van der Waals surface area contributed by atoms with Gasteiger partial charge in [-0.05, 0) is 36.6 Å². The first-order valence-corrected chi connectivity index (χ1v) is 9.76. The second-order valence-electron chi connectivity index (χ2n) is 6.73. The molecule has 0 spiro atoms. The summed E-state index contributed by atoms with van der Waals surface area (Å²) in [5, 5.41) is 0. The van der Waals surface area contributed by atoms with Gasteiger partial charge in [-0.1, -0.05) is 38.8 Å². The number of nitrogens with one attached hydrogen (secondary N) is 1. The molecule has 29 heavy (non-hydrogen) atoms. The van der Waals surface area contributed by atoms with E-state index in [1.54, 1.807) is 12.1 Å². The summed E-state index contributed by atoms with van der Waals surface area (Å²) >= 11 is 0. The van der Waals surface area contributed by atoms with Crippen molar-refractivity contribution in [1.29, 1.82) is 0 Å². The molecule has 156 valence electrons. The van der Waals surface area contributed by atoms with Gasteiger partial charge in [0.2, 0.25) is 0 Å². The molecule has 0 aliphatic heterocycles. The molecule has 8 heteroatoms. The van der Waals surface area contributed by atoms with Crippen molar-refractivity contribution in [2.45, 2.75) is 46.1 Å². The zero-order valence-electron chi connectivity index (χ0n) is 16.8. The third-order valence-corrected chi connectivity index (χ3v) is 4.49. The number of nitrogen functional groups attached to an aromatic ring is 1. The molecule has 0 aliphatic carbocycles. The first-order valence-electron chi connectivity index (χ1n) is 9.76. The number of hydrogen-bond acceptors (Lipinski definition) is 4. The molecule has 2 aromatic rings. The highest BCUT2D eigenvalue weighted by Crippen LogP contribution is 2.19. The predicted octanol–water partition coefficient (Wildman–Crippen LogP) is 2.90. The fourth-order valence-corrected chi connectivity index (χ4v) is 2.89. The Morgan fingerprint density at radius 2 is 1.97 bits per heavy atom. The van der Waals surface area contributed by atoms with Crippen LogP contribution in [0.5, 0.6) is 0 Å². The van der Waals surface area contributed by atoms with E-state index < -0.39 is 23.0 Å². The van der Waals surface area contributed by atoms with Gasteiger partial charge in [-0.25, -0.2) is 9.18 Å². The van der Waals surface area contributed by atoms with Crippen LogP contribution in [0.15, 0.2) is 39.9 Å². The van der Waals surface area contributed by atoms with Crippen molar-refractivity contribution >= 4 is 23.5 Å². The summed E-state index contributed by atoms with van der Waals surface area (Å²) in [6, 6.07) is 5.81. The first kappa shape index (κ1) is 22.1. The van der Waals surface area contributed by atoms with Gasteiger partial charge in [0.05, 0.1) is 0 Å². The number of unbranched alkanes of at least 4 members (excludes halogenated alkanes) is 2. The molecule has 1 aromatic heterocycles. The maximum atomic E-state index is 13.3. The Labute approximate surface area is 168 Å². The lowest BCUT2D eigenvalue weighted by Crippen LogP contribution is -2.41. The number of nitrogens with two attached hydrogens (primary N) is 1. The van der Waals surface area contributed by atoms with E-state index in [4.69, 9.17) is 5.73 Å². The number of carbonyl (C=O) groups is 1. The second-order valence-corrected chi connectivity index (χ2v) is 6.73. The summed E-state index contributed by atoms with van der Waals surface area (Å²) in [6.45, 7) is 4.55. The Morgan fingerprint density at radius 1 is 1.24 bits per heavy atom. The van der Waals surface area contributed by atoms with E-state index in [1.807, 2.05) is 13.8 Å². The number of hydrogen-bond donors (Lipinski definition) is 2. The molecular formula is C21H27FN4O3. The quantitative estimate of drug-likeness (QED) is 0.630. The van der Waals surface area contributed by atoms with Gasteiger partial charge in [0.25, 0.3) is 11.5 Å². The largest absolute Gasteiger partial charge is 0.383 e. The second kappa shape index (κ2) is 10.4. The molecule has 7 nitrogen and oxygen atoms in total. The van der Waals surface area contributed by atoms with Gasteiger partial charge in [-0.3, -0.25) is 19.1 Å². The minimum Gasteiger partial charge on any atom is -0.383 e. The average Bonchev–Trinajstić information content (AvgIpc) is 2.68. The van der Waals surface area contributed by atoms with Crippen LogP contribution < -0.4 is 21.9 Å². The summed E-state index contributed by atoms with van der Waals surface area (Å²) in [4.78, 5) is 41.0. The fourth-order valence-electron chi connectivity index (χ4n) is 2.89. The number of anilines is 2. The van der Waals surface area contributed by atoms with Crippen LogP contribution in [0.25, 0.3) is 6.08 Å². The lowest BCUT2D eigenvalue weighted by molar-refractivity contribution is -0.114. The molecule has 0 saturated carbocycles. The van der Waals surface area contributed by atoms with E-state index in [2.05, 4.69) is 4.98 Å². The monoisotopic (exact) mass is 402 g/mol. The van der Waals surface area contributed by atoms with Crippen LogP contribution in [-0.2, 0) is 11.3 Å². The van der Waals surface area contributed by atoms with Crippen molar-refractivity contribution in [2.75, 3.05) is 17.2 Å². The minimum absolute atomic E-state index is 0.0317. The van der Waals surface area contributed by atoms with Crippen molar-refractivity contribution in [3.05, 3.63) is 62.6 Å². The molecule has 0 radical (unpaired) electrons. The molecule has 1 amide bonds. The molecule has 3 N–H and O–H groups in total. The summed E-state index contributed by atoms with van der Waals surface area (Å²) < 4.78 is 14.6. The van der Waals surface area contributed by atoms with Crippen molar-refractivity contribution < 1.29 is 9.18 Å². The molecular weight excluding hydrogens is 375 g/mol.